The largest absolute Gasteiger partial charge is 0.487 e. The molecule has 1 aromatic heterocycles. The number of hydrogen-bond donors (Lipinski definition) is 1. The Bertz CT molecular complexity index is 599. The van der Waals surface area contributed by atoms with Gasteiger partial charge in [0.05, 0.1) is 4.47 Å². The van der Waals surface area contributed by atoms with Crippen LogP contribution in [-0.2, 0) is 13.2 Å². The zero-order chi connectivity index (χ0) is 15.2. The van der Waals surface area contributed by atoms with E-state index in [-0.39, 0.29) is 0 Å². The molecule has 0 unspecified atom stereocenters. The molecule has 0 saturated carbocycles. The highest BCUT2D eigenvalue weighted by atomic mass is 79.9. The number of pyridine rings is 1. The summed E-state index contributed by atoms with van der Waals surface area (Å²) in [6, 6.07) is 8.66. The van der Waals surface area contributed by atoms with E-state index in [2.05, 4.69) is 52.2 Å². The first-order valence-corrected chi connectivity index (χ1v) is 7.89. The third-order valence-electron chi connectivity index (χ3n) is 3.06. The minimum Gasteiger partial charge on any atom is -0.487 e. The van der Waals surface area contributed by atoms with E-state index in [9.17, 15) is 0 Å². The van der Waals surface area contributed by atoms with Crippen LogP contribution in [0.15, 0.2) is 41.1 Å². The molecule has 0 bridgehead atoms. The van der Waals surface area contributed by atoms with Crippen molar-refractivity contribution in [2.24, 2.45) is 0 Å². The first-order valence-electron chi connectivity index (χ1n) is 7.10. The van der Waals surface area contributed by atoms with Gasteiger partial charge in [0.15, 0.2) is 0 Å². The number of halogens is 1. The second-order valence-corrected chi connectivity index (χ2v) is 6.28. The lowest BCUT2D eigenvalue weighted by Gasteiger charge is -2.15. The van der Waals surface area contributed by atoms with Crippen molar-refractivity contribution in [3.63, 3.8) is 0 Å². The molecule has 4 heteroatoms. The molecule has 0 radical (unpaired) electrons. The van der Waals surface area contributed by atoms with Crippen molar-refractivity contribution in [2.45, 2.75) is 40.0 Å². The number of para-hydroxylation sites is 1. The molecule has 112 valence electrons. The van der Waals surface area contributed by atoms with Crippen molar-refractivity contribution in [1.29, 1.82) is 0 Å². The van der Waals surface area contributed by atoms with Crippen LogP contribution >= 0.6 is 15.9 Å². The Balaban J connectivity index is 2.11. The average Bonchev–Trinajstić information content (AvgIpc) is 2.44. The van der Waals surface area contributed by atoms with Gasteiger partial charge in [-0.1, -0.05) is 26.0 Å². The van der Waals surface area contributed by atoms with Crippen molar-refractivity contribution in [1.82, 2.24) is 10.3 Å². The molecule has 0 amide bonds. The molecule has 0 aliphatic rings. The number of aryl methyl sites for hydroxylation is 1. The first kappa shape index (κ1) is 16.0. The zero-order valence-electron chi connectivity index (χ0n) is 12.7. The molecule has 3 nitrogen and oxygen atoms in total. The van der Waals surface area contributed by atoms with Crippen LogP contribution in [0.2, 0.25) is 0 Å². The van der Waals surface area contributed by atoms with Gasteiger partial charge >= 0.3 is 0 Å². The summed E-state index contributed by atoms with van der Waals surface area (Å²) in [7, 11) is 0. The van der Waals surface area contributed by atoms with Gasteiger partial charge in [-0.2, -0.15) is 0 Å². The fourth-order valence-corrected chi connectivity index (χ4v) is 2.54. The summed E-state index contributed by atoms with van der Waals surface area (Å²) in [5.41, 5.74) is 3.37. The van der Waals surface area contributed by atoms with E-state index in [0.29, 0.717) is 12.6 Å². The number of aromatic nitrogens is 1. The van der Waals surface area contributed by atoms with Gasteiger partial charge in [-0.25, -0.2) is 0 Å². The molecule has 0 aliphatic carbocycles. The smallest absolute Gasteiger partial charge is 0.138 e. The predicted molar refractivity (Wildman–Crippen MR) is 89.4 cm³/mol. The molecule has 0 aliphatic heterocycles. The van der Waals surface area contributed by atoms with Gasteiger partial charge in [0, 0.05) is 36.1 Å². The summed E-state index contributed by atoms with van der Waals surface area (Å²) in [5.74, 6) is 0.896. The van der Waals surface area contributed by atoms with Gasteiger partial charge < -0.3 is 10.1 Å². The highest BCUT2D eigenvalue weighted by molar-refractivity contribution is 9.10. The summed E-state index contributed by atoms with van der Waals surface area (Å²) >= 11 is 3.57. The van der Waals surface area contributed by atoms with E-state index in [1.54, 1.807) is 0 Å². The SMILES string of the molecule is Cc1cncc(COc2c(Br)cccc2CNC(C)C)c1. The van der Waals surface area contributed by atoms with Crippen LogP contribution in [0.4, 0.5) is 0 Å². The summed E-state index contributed by atoms with van der Waals surface area (Å²) in [6.45, 7) is 7.62. The van der Waals surface area contributed by atoms with Gasteiger partial charge in [-0.15, -0.1) is 0 Å². The number of ether oxygens (including phenoxy) is 1. The molecule has 0 atom stereocenters. The lowest BCUT2D eigenvalue weighted by Crippen LogP contribution is -2.22. The van der Waals surface area contributed by atoms with Crippen LogP contribution < -0.4 is 10.1 Å². The Morgan fingerprint density at radius 3 is 2.81 bits per heavy atom. The topological polar surface area (TPSA) is 34.1 Å². The predicted octanol–water partition coefficient (Wildman–Crippen LogP) is 4.23. The van der Waals surface area contributed by atoms with Crippen LogP contribution in [0.3, 0.4) is 0 Å². The average molecular weight is 349 g/mol. The van der Waals surface area contributed by atoms with Gasteiger partial charge in [0.25, 0.3) is 0 Å². The van der Waals surface area contributed by atoms with E-state index in [1.807, 2.05) is 31.5 Å². The number of rotatable bonds is 6. The molecule has 1 heterocycles. The minimum absolute atomic E-state index is 0.442. The molecule has 1 aromatic carbocycles. The van der Waals surface area contributed by atoms with Crippen molar-refractivity contribution in [2.75, 3.05) is 0 Å². The molecule has 1 N–H and O–H groups in total. The van der Waals surface area contributed by atoms with E-state index >= 15 is 0 Å². The normalized spacial score (nSPS) is 10.9. The lowest BCUT2D eigenvalue weighted by atomic mass is 10.2. The maximum Gasteiger partial charge on any atom is 0.138 e. The van der Waals surface area contributed by atoms with Crippen molar-refractivity contribution in [3.05, 3.63) is 57.8 Å². The molecular formula is C17H21BrN2O. The molecule has 0 spiro atoms. The minimum atomic E-state index is 0.442. The number of hydrogen-bond acceptors (Lipinski definition) is 3. The fraction of sp³-hybridized carbons (Fsp3) is 0.353. The highest BCUT2D eigenvalue weighted by Gasteiger charge is 2.09. The Labute approximate surface area is 134 Å². The van der Waals surface area contributed by atoms with Crippen LogP contribution in [0.1, 0.15) is 30.5 Å². The Hall–Kier alpha value is -1.39. The lowest BCUT2D eigenvalue weighted by molar-refractivity contribution is 0.299. The Kier molecular flexibility index (Phi) is 5.76. The number of benzene rings is 1. The molecule has 21 heavy (non-hydrogen) atoms. The van der Waals surface area contributed by atoms with E-state index in [1.165, 1.54) is 0 Å². The quantitative estimate of drug-likeness (QED) is 0.848. The molecule has 2 rings (SSSR count). The second-order valence-electron chi connectivity index (χ2n) is 5.42. The Morgan fingerprint density at radius 2 is 2.10 bits per heavy atom. The van der Waals surface area contributed by atoms with Crippen LogP contribution in [-0.4, -0.2) is 11.0 Å². The molecule has 0 saturated heterocycles. The summed E-state index contributed by atoms with van der Waals surface area (Å²) in [6.07, 6.45) is 3.69. The van der Waals surface area contributed by atoms with Crippen LogP contribution in [0.5, 0.6) is 5.75 Å². The summed E-state index contributed by atoms with van der Waals surface area (Å²) in [5, 5.41) is 3.42. The third kappa shape index (κ3) is 4.83. The maximum atomic E-state index is 6.01. The molecular weight excluding hydrogens is 328 g/mol. The monoisotopic (exact) mass is 348 g/mol. The van der Waals surface area contributed by atoms with Crippen molar-refractivity contribution >= 4 is 15.9 Å². The number of nitrogens with zero attached hydrogens (tertiary/aromatic N) is 1. The van der Waals surface area contributed by atoms with E-state index in [4.69, 9.17) is 4.74 Å². The molecule has 0 fully saturated rings. The highest BCUT2D eigenvalue weighted by Crippen LogP contribution is 2.30. The Morgan fingerprint density at radius 1 is 1.29 bits per heavy atom. The zero-order valence-corrected chi connectivity index (χ0v) is 14.3. The second kappa shape index (κ2) is 7.57. The maximum absolute atomic E-state index is 6.01. The fourth-order valence-electron chi connectivity index (χ4n) is 2.02. The van der Waals surface area contributed by atoms with Crippen LogP contribution in [0, 0.1) is 6.92 Å². The summed E-state index contributed by atoms with van der Waals surface area (Å²) in [4.78, 5) is 4.20. The van der Waals surface area contributed by atoms with Gasteiger partial charge in [-0.3, -0.25) is 4.98 Å². The molecule has 2 aromatic rings. The number of nitrogens with one attached hydrogen (secondary N) is 1. The van der Waals surface area contributed by atoms with Crippen LogP contribution in [0.25, 0.3) is 0 Å². The van der Waals surface area contributed by atoms with Gasteiger partial charge in [0.1, 0.15) is 12.4 Å². The summed E-state index contributed by atoms with van der Waals surface area (Å²) < 4.78 is 6.99. The third-order valence-corrected chi connectivity index (χ3v) is 3.69. The van der Waals surface area contributed by atoms with Gasteiger partial charge in [-0.05, 0) is 40.5 Å². The van der Waals surface area contributed by atoms with Gasteiger partial charge in [0.2, 0.25) is 0 Å². The van der Waals surface area contributed by atoms with E-state index < -0.39 is 0 Å². The van der Waals surface area contributed by atoms with Crippen molar-refractivity contribution in [3.8, 4) is 5.75 Å². The first-order chi connectivity index (χ1) is 10.1. The standard InChI is InChI=1S/C17H21BrN2O/c1-12(2)20-10-15-5-4-6-16(18)17(15)21-11-14-7-13(3)8-19-9-14/h4-9,12,20H,10-11H2,1-3H3. The van der Waals surface area contributed by atoms with E-state index in [0.717, 1.165) is 33.5 Å². The van der Waals surface area contributed by atoms with Crippen molar-refractivity contribution < 1.29 is 4.74 Å².